The molecular formula is C18H19ClO2. The second-order valence-corrected chi connectivity index (χ2v) is 6.09. The van der Waals surface area contributed by atoms with Crippen molar-refractivity contribution in [3.05, 3.63) is 41.4 Å². The van der Waals surface area contributed by atoms with Crippen LogP contribution in [0.3, 0.4) is 0 Å². The van der Waals surface area contributed by atoms with Crippen LogP contribution in [0.5, 0.6) is 5.75 Å². The van der Waals surface area contributed by atoms with Gasteiger partial charge >= 0.3 is 0 Å². The third-order valence-electron chi connectivity index (χ3n) is 4.26. The smallest absolute Gasteiger partial charge is 0.173 e. The molecule has 2 aromatic rings. The van der Waals surface area contributed by atoms with Crippen molar-refractivity contribution in [1.82, 2.24) is 0 Å². The molecule has 1 aliphatic rings. The molecule has 0 radical (unpaired) electrons. The van der Waals surface area contributed by atoms with E-state index in [0.717, 1.165) is 29.4 Å². The number of rotatable bonds is 4. The number of halogens is 1. The summed E-state index contributed by atoms with van der Waals surface area (Å²) in [5.74, 6) is 1.16. The van der Waals surface area contributed by atoms with E-state index in [1.807, 2.05) is 36.4 Å². The molecule has 0 heterocycles. The maximum atomic E-state index is 12.2. The van der Waals surface area contributed by atoms with Gasteiger partial charge in [0.15, 0.2) is 5.78 Å². The van der Waals surface area contributed by atoms with Gasteiger partial charge in [-0.3, -0.25) is 4.79 Å². The van der Waals surface area contributed by atoms with Crippen LogP contribution in [0.25, 0.3) is 10.8 Å². The molecular weight excluding hydrogens is 284 g/mol. The number of hydrogen-bond donors (Lipinski definition) is 0. The molecule has 110 valence electrons. The van der Waals surface area contributed by atoms with Crippen LogP contribution in [0.15, 0.2) is 36.4 Å². The molecule has 0 spiro atoms. The number of hydrogen-bond acceptors (Lipinski definition) is 2. The van der Waals surface area contributed by atoms with Gasteiger partial charge in [0.2, 0.25) is 0 Å². The molecule has 0 aliphatic heterocycles. The molecule has 1 saturated carbocycles. The van der Waals surface area contributed by atoms with E-state index in [4.69, 9.17) is 16.3 Å². The molecule has 2 aromatic carbocycles. The highest BCUT2D eigenvalue weighted by molar-refractivity contribution is 6.35. The van der Waals surface area contributed by atoms with Crippen molar-refractivity contribution in [2.75, 3.05) is 6.61 Å². The van der Waals surface area contributed by atoms with Crippen molar-refractivity contribution in [2.24, 2.45) is 5.92 Å². The van der Waals surface area contributed by atoms with Gasteiger partial charge in [-0.25, -0.2) is 0 Å². The maximum Gasteiger partial charge on any atom is 0.173 e. The molecule has 0 unspecified atom stereocenters. The topological polar surface area (TPSA) is 26.3 Å². The number of benzene rings is 2. The molecule has 0 aromatic heterocycles. The van der Waals surface area contributed by atoms with Crippen molar-refractivity contribution in [3.63, 3.8) is 0 Å². The van der Waals surface area contributed by atoms with Crippen LogP contribution in [-0.2, 0) is 4.79 Å². The Kier molecular flexibility index (Phi) is 4.45. The van der Waals surface area contributed by atoms with E-state index in [2.05, 4.69) is 0 Å². The first-order valence-corrected chi connectivity index (χ1v) is 7.96. The Labute approximate surface area is 130 Å². The summed E-state index contributed by atoms with van der Waals surface area (Å²) in [4.78, 5) is 12.2. The highest BCUT2D eigenvalue weighted by atomic mass is 35.5. The molecule has 0 saturated heterocycles. The van der Waals surface area contributed by atoms with Crippen molar-refractivity contribution in [2.45, 2.75) is 32.1 Å². The number of carbonyl (C=O) groups is 1. The Morgan fingerprint density at radius 2 is 1.76 bits per heavy atom. The highest BCUT2D eigenvalue weighted by Gasteiger charge is 2.21. The van der Waals surface area contributed by atoms with E-state index >= 15 is 0 Å². The predicted octanol–water partition coefficient (Wildman–Crippen LogP) is 5.02. The molecule has 0 bridgehead atoms. The van der Waals surface area contributed by atoms with Gasteiger partial charge in [-0.05, 0) is 25.0 Å². The van der Waals surface area contributed by atoms with Gasteiger partial charge in [-0.1, -0.05) is 55.1 Å². The number of Topliss-reactive ketones (excluding diaryl/α,β-unsaturated/α-hetero) is 1. The zero-order valence-corrected chi connectivity index (χ0v) is 12.7. The van der Waals surface area contributed by atoms with E-state index in [9.17, 15) is 4.79 Å². The third-order valence-corrected chi connectivity index (χ3v) is 4.59. The van der Waals surface area contributed by atoms with E-state index in [1.165, 1.54) is 19.3 Å². The lowest BCUT2D eigenvalue weighted by atomic mass is 9.86. The minimum absolute atomic E-state index is 0.163. The summed E-state index contributed by atoms with van der Waals surface area (Å²) in [6, 6.07) is 11.5. The van der Waals surface area contributed by atoms with E-state index < -0.39 is 0 Å². The van der Waals surface area contributed by atoms with Gasteiger partial charge in [0.05, 0.1) is 0 Å². The summed E-state index contributed by atoms with van der Waals surface area (Å²) < 4.78 is 5.78. The Balaban J connectivity index is 1.73. The molecule has 3 heteroatoms. The molecule has 1 fully saturated rings. The van der Waals surface area contributed by atoms with E-state index in [-0.39, 0.29) is 18.3 Å². The molecule has 1 aliphatic carbocycles. The summed E-state index contributed by atoms with van der Waals surface area (Å²) in [6.07, 6.45) is 5.63. The lowest BCUT2D eigenvalue weighted by Gasteiger charge is -2.20. The lowest BCUT2D eigenvalue weighted by molar-refractivity contribution is -0.125. The van der Waals surface area contributed by atoms with Gasteiger partial charge in [-0.2, -0.15) is 0 Å². The number of ether oxygens (including phenoxy) is 1. The highest BCUT2D eigenvalue weighted by Crippen LogP contribution is 2.31. The van der Waals surface area contributed by atoms with Crippen molar-refractivity contribution < 1.29 is 9.53 Å². The molecule has 0 N–H and O–H groups in total. The zero-order valence-electron chi connectivity index (χ0n) is 12.0. The summed E-state index contributed by atoms with van der Waals surface area (Å²) in [5, 5.41) is 2.62. The van der Waals surface area contributed by atoms with Crippen LogP contribution < -0.4 is 4.74 Å². The fraction of sp³-hybridized carbons (Fsp3) is 0.389. The minimum atomic E-state index is 0.163. The van der Waals surface area contributed by atoms with Crippen LogP contribution in [-0.4, -0.2) is 12.4 Å². The molecule has 2 nitrogen and oxygen atoms in total. The third kappa shape index (κ3) is 3.21. The van der Waals surface area contributed by atoms with Crippen LogP contribution in [0.1, 0.15) is 32.1 Å². The van der Waals surface area contributed by atoms with Gasteiger partial charge < -0.3 is 4.74 Å². The number of carbonyl (C=O) groups excluding carboxylic acids is 1. The average Bonchev–Trinajstić information content (AvgIpc) is 2.55. The Hall–Kier alpha value is -1.54. The zero-order chi connectivity index (χ0) is 14.7. The summed E-state index contributed by atoms with van der Waals surface area (Å²) in [5.41, 5.74) is 0. The standard InChI is InChI=1S/C18H19ClO2/c19-16-10-11-18(15-9-5-4-8-14(15)16)21-12-17(20)13-6-2-1-3-7-13/h4-5,8-11,13H,1-3,6-7,12H2. The SMILES string of the molecule is O=C(COc1ccc(Cl)c2ccccc12)C1CCCCC1. The monoisotopic (exact) mass is 302 g/mol. The normalized spacial score (nSPS) is 16.0. The van der Waals surface area contributed by atoms with E-state index in [0.29, 0.717) is 5.02 Å². The molecule has 3 rings (SSSR count). The van der Waals surface area contributed by atoms with Crippen LogP contribution in [0.4, 0.5) is 0 Å². The second-order valence-electron chi connectivity index (χ2n) is 5.68. The largest absolute Gasteiger partial charge is 0.485 e. The average molecular weight is 303 g/mol. The number of ketones is 1. The molecule has 0 atom stereocenters. The Bertz CT molecular complexity index is 645. The Morgan fingerprint density at radius 1 is 1.05 bits per heavy atom. The quantitative estimate of drug-likeness (QED) is 0.792. The van der Waals surface area contributed by atoms with Gasteiger partial charge in [-0.15, -0.1) is 0 Å². The van der Waals surface area contributed by atoms with Gasteiger partial charge in [0.1, 0.15) is 12.4 Å². The van der Waals surface area contributed by atoms with Gasteiger partial charge in [0.25, 0.3) is 0 Å². The number of fused-ring (bicyclic) bond motifs is 1. The molecule has 21 heavy (non-hydrogen) atoms. The van der Waals surface area contributed by atoms with Crippen molar-refractivity contribution in [1.29, 1.82) is 0 Å². The second kappa shape index (κ2) is 6.48. The first-order valence-electron chi connectivity index (χ1n) is 7.58. The van der Waals surface area contributed by atoms with Gasteiger partial charge in [0, 0.05) is 21.7 Å². The fourth-order valence-corrected chi connectivity index (χ4v) is 3.28. The fourth-order valence-electron chi connectivity index (χ4n) is 3.05. The van der Waals surface area contributed by atoms with Crippen LogP contribution in [0, 0.1) is 5.92 Å². The predicted molar refractivity (Wildman–Crippen MR) is 86.0 cm³/mol. The maximum absolute atomic E-state index is 12.2. The Morgan fingerprint density at radius 3 is 2.52 bits per heavy atom. The first kappa shape index (κ1) is 14.4. The summed E-state index contributed by atoms with van der Waals surface area (Å²) >= 11 is 6.19. The first-order chi connectivity index (χ1) is 10.3. The van der Waals surface area contributed by atoms with Crippen molar-refractivity contribution >= 4 is 28.2 Å². The summed E-state index contributed by atoms with van der Waals surface area (Å²) in [6.45, 7) is 0.163. The molecule has 0 amide bonds. The minimum Gasteiger partial charge on any atom is -0.485 e. The van der Waals surface area contributed by atoms with Crippen LogP contribution >= 0.6 is 11.6 Å². The lowest BCUT2D eigenvalue weighted by Crippen LogP contribution is -2.23. The van der Waals surface area contributed by atoms with Crippen molar-refractivity contribution in [3.8, 4) is 5.75 Å². The van der Waals surface area contributed by atoms with E-state index in [1.54, 1.807) is 0 Å². The summed E-state index contributed by atoms with van der Waals surface area (Å²) in [7, 11) is 0. The van der Waals surface area contributed by atoms with Crippen LogP contribution in [0.2, 0.25) is 5.02 Å².